The Labute approximate surface area is 141 Å². The molecule has 1 heterocycles. The topological polar surface area (TPSA) is 86.7 Å². The van der Waals surface area contributed by atoms with Crippen molar-refractivity contribution in [2.24, 2.45) is 5.92 Å². The summed E-state index contributed by atoms with van der Waals surface area (Å²) in [5.41, 5.74) is 1.16. The second kappa shape index (κ2) is 9.05. The van der Waals surface area contributed by atoms with Gasteiger partial charge in [-0.05, 0) is 30.7 Å². The van der Waals surface area contributed by atoms with E-state index in [1.165, 1.54) is 0 Å². The molecule has 0 spiro atoms. The Bertz CT molecular complexity index is 566. The SMILES string of the molecule is O=C(O)CNC(=O)CC1CCN(C(=O)CCc2ccccc2)CC1. The zero-order chi connectivity index (χ0) is 17.4. The van der Waals surface area contributed by atoms with Crippen molar-refractivity contribution in [1.82, 2.24) is 10.2 Å². The number of nitrogens with one attached hydrogen (secondary N) is 1. The number of aryl methyl sites for hydroxylation is 1. The van der Waals surface area contributed by atoms with Gasteiger partial charge in [0.2, 0.25) is 11.8 Å². The number of carbonyl (C=O) groups is 3. The molecule has 0 bridgehead atoms. The minimum absolute atomic E-state index is 0.160. The van der Waals surface area contributed by atoms with Crippen molar-refractivity contribution in [2.75, 3.05) is 19.6 Å². The molecule has 0 unspecified atom stereocenters. The molecule has 0 atom stereocenters. The third kappa shape index (κ3) is 6.02. The van der Waals surface area contributed by atoms with Crippen LogP contribution in [0.4, 0.5) is 0 Å². The quantitative estimate of drug-likeness (QED) is 0.791. The summed E-state index contributed by atoms with van der Waals surface area (Å²) in [6.07, 6.45) is 3.17. The van der Waals surface area contributed by atoms with Crippen LogP contribution in [-0.4, -0.2) is 47.4 Å². The van der Waals surface area contributed by atoms with E-state index in [0.717, 1.165) is 24.8 Å². The molecule has 0 radical (unpaired) electrons. The molecule has 6 heteroatoms. The van der Waals surface area contributed by atoms with Gasteiger partial charge < -0.3 is 15.3 Å². The molecule has 1 fully saturated rings. The molecule has 24 heavy (non-hydrogen) atoms. The summed E-state index contributed by atoms with van der Waals surface area (Å²) in [4.78, 5) is 36.2. The Hall–Kier alpha value is -2.37. The highest BCUT2D eigenvalue weighted by molar-refractivity contribution is 5.81. The van der Waals surface area contributed by atoms with Crippen molar-refractivity contribution < 1.29 is 19.5 Å². The average Bonchev–Trinajstić information content (AvgIpc) is 2.59. The van der Waals surface area contributed by atoms with E-state index in [-0.39, 0.29) is 24.3 Å². The van der Waals surface area contributed by atoms with E-state index in [9.17, 15) is 14.4 Å². The predicted octanol–water partition coefficient (Wildman–Crippen LogP) is 1.45. The third-order valence-corrected chi connectivity index (χ3v) is 4.35. The molecule has 0 aromatic heterocycles. The summed E-state index contributed by atoms with van der Waals surface area (Å²) in [5, 5.41) is 10.9. The highest BCUT2D eigenvalue weighted by atomic mass is 16.4. The predicted molar refractivity (Wildman–Crippen MR) is 89.3 cm³/mol. The van der Waals surface area contributed by atoms with Crippen molar-refractivity contribution in [3.05, 3.63) is 35.9 Å². The number of rotatable bonds is 7. The molecule has 6 nitrogen and oxygen atoms in total. The fraction of sp³-hybridized carbons (Fsp3) is 0.500. The van der Waals surface area contributed by atoms with Crippen LogP contribution in [0, 0.1) is 5.92 Å². The fourth-order valence-electron chi connectivity index (χ4n) is 2.95. The van der Waals surface area contributed by atoms with Gasteiger partial charge in [0.05, 0.1) is 0 Å². The monoisotopic (exact) mass is 332 g/mol. The van der Waals surface area contributed by atoms with Crippen LogP contribution in [0.15, 0.2) is 30.3 Å². The summed E-state index contributed by atoms with van der Waals surface area (Å²) in [6.45, 7) is 1.00. The Morgan fingerprint density at radius 2 is 1.79 bits per heavy atom. The smallest absolute Gasteiger partial charge is 0.322 e. The largest absolute Gasteiger partial charge is 0.480 e. The van der Waals surface area contributed by atoms with Crippen molar-refractivity contribution in [3.63, 3.8) is 0 Å². The van der Waals surface area contributed by atoms with Gasteiger partial charge in [0.1, 0.15) is 6.54 Å². The molecule has 0 saturated carbocycles. The van der Waals surface area contributed by atoms with Crippen molar-refractivity contribution in [2.45, 2.75) is 32.1 Å². The summed E-state index contributed by atoms with van der Waals surface area (Å²) in [6, 6.07) is 9.95. The van der Waals surface area contributed by atoms with Crippen molar-refractivity contribution >= 4 is 17.8 Å². The van der Waals surface area contributed by atoms with Gasteiger partial charge in [-0.25, -0.2) is 0 Å². The molecule has 130 valence electrons. The van der Waals surface area contributed by atoms with Crippen LogP contribution in [0.3, 0.4) is 0 Å². The third-order valence-electron chi connectivity index (χ3n) is 4.35. The zero-order valence-electron chi connectivity index (χ0n) is 13.7. The molecule has 1 aliphatic heterocycles. The number of carboxylic acid groups (broad SMARTS) is 1. The zero-order valence-corrected chi connectivity index (χ0v) is 13.7. The van der Waals surface area contributed by atoms with Crippen LogP contribution < -0.4 is 5.32 Å². The van der Waals surface area contributed by atoms with Crippen LogP contribution in [0.2, 0.25) is 0 Å². The fourth-order valence-corrected chi connectivity index (χ4v) is 2.95. The van der Waals surface area contributed by atoms with Gasteiger partial charge in [-0.3, -0.25) is 14.4 Å². The average molecular weight is 332 g/mol. The van der Waals surface area contributed by atoms with E-state index in [1.807, 2.05) is 35.2 Å². The molecule has 1 saturated heterocycles. The maximum absolute atomic E-state index is 12.3. The van der Waals surface area contributed by atoms with E-state index in [4.69, 9.17) is 5.11 Å². The van der Waals surface area contributed by atoms with Gasteiger partial charge in [-0.15, -0.1) is 0 Å². The van der Waals surface area contributed by atoms with Gasteiger partial charge in [0.25, 0.3) is 0 Å². The Morgan fingerprint density at radius 1 is 1.12 bits per heavy atom. The number of benzene rings is 1. The minimum Gasteiger partial charge on any atom is -0.480 e. The van der Waals surface area contributed by atoms with Gasteiger partial charge in [0.15, 0.2) is 0 Å². The normalized spacial score (nSPS) is 15.1. The molecule has 1 aliphatic rings. The molecule has 2 rings (SSSR count). The first-order chi connectivity index (χ1) is 11.5. The lowest BCUT2D eigenvalue weighted by Crippen LogP contribution is -2.40. The molecule has 1 aromatic rings. The Kier molecular flexibility index (Phi) is 6.78. The molecule has 0 aliphatic carbocycles. The van der Waals surface area contributed by atoms with E-state index < -0.39 is 5.97 Å². The van der Waals surface area contributed by atoms with E-state index in [1.54, 1.807) is 0 Å². The number of carbonyl (C=O) groups excluding carboxylic acids is 2. The van der Waals surface area contributed by atoms with E-state index in [2.05, 4.69) is 5.32 Å². The summed E-state index contributed by atoms with van der Waals surface area (Å²) < 4.78 is 0. The summed E-state index contributed by atoms with van der Waals surface area (Å²) in [7, 11) is 0. The first kappa shape index (κ1) is 18.0. The number of hydrogen-bond acceptors (Lipinski definition) is 3. The maximum Gasteiger partial charge on any atom is 0.322 e. The van der Waals surface area contributed by atoms with Crippen LogP contribution in [-0.2, 0) is 20.8 Å². The van der Waals surface area contributed by atoms with Crippen LogP contribution in [0.1, 0.15) is 31.2 Å². The lowest BCUT2D eigenvalue weighted by Gasteiger charge is -2.31. The minimum atomic E-state index is -1.04. The van der Waals surface area contributed by atoms with Gasteiger partial charge in [-0.2, -0.15) is 0 Å². The number of piperidine rings is 1. The van der Waals surface area contributed by atoms with Crippen molar-refractivity contribution in [1.29, 1.82) is 0 Å². The summed E-state index contributed by atoms with van der Waals surface area (Å²) >= 11 is 0. The van der Waals surface area contributed by atoms with Gasteiger partial charge in [0, 0.05) is 25.9 Å². The maximum atomic E-state index is 12.3. The second-order valence-electron chi connectivity index (χ2n) is 6.18. The van der Waals surface area contributed by atoms with E-state index in [0.29, 0.717) is 25.9 Å². The van der Waals surface area contributed by atoms with Crippen LogP contribution >= 0.6 is 0 Å². The highest BCUT2D eigenvalue weighted by Crippen LogP contribution is 2.21. The molecular weight excluding hydrogens is 308 g/mol. The summed E-state index contributed by atoms with van der Waals surface area (Å²) in [5.74, 6) is -0.891. The Balaban J connectivity index is 1.67. The standard InChI is InChI=1S/C18H24N2O4/c21-16(19-13-18(23)24)12-15-8-10-20(11-9-15)17(22)7-6-14-4-2-1-3-5-14/h1-5,15H,6-13H2,(H,19,21)(H,23,24). The number of nitrogens with zero attached hydrogens (tertiary/aromatic N) is 1. The number of likely N-dealkylation sites (tertiary alicyclic amines) is 1. The van der Waals surface area contributed by atoms with Crippen LogP contribution in [0.25, 0.3) is 0 Å². The number of aliphatic carboxylic acids is 1. The molecule has 2 amide bonds. The Morgan fingerprint density at radius 3 is 2.42 bits per heavy atom. The first-order valence-electron chi connectivity index (χ1n) is 8.35. The highest BCUT2D eigenvalue weighted by Gasteiger charge is 2.24. The number of hydrogen-bond donors (Lipinski definition) is 2. The number of amides is 2. The molecule has 2 N–H and O–H groups in total. The van der Waals surface area contributed by atoms with Crippen molar-refractivity contribution in [3.8, 4) is 0 Å². The van der Waals surface area contributed by atoms with E-state index >= 15 is 0 Å². The van der Waals surface area contributed by atoms with Gasteiger partial charge in [-0.1, -0.05) is 30.3 Å². The second-order valence-corrected chi connectivity index (χ2v) is 6.18. The lowest BCUT2D eigenvalue weighted by molar-refractivity contribution is -0.138. The van der Waals surface area contributed by atoms with Crippen LogP contribution in [0.5, 0.6) is 0 Å². The first-order valence-corrected chi connectivity index (χ1v) is 8.35. The lowest BCUT2D eigenvalue weighted by atomic mass is 9.93. The molecule has 1 aromatic carbocycles. The number of carboxylic acids is 1. The molecular formula is C18H24N2O4. The van der Waals surface area contributed by atoms with Gasteiger partial charge >= 0.3 is 5.97 Å².